The first kappa shape index (κ1) is 17.4. The largest absolute Gasteiger partial charge is 0.396 e. The van der Waals surface area contributed by atoms with Crippen molar-refractivity contribution >= 4 is 0 Å². The van der Waals surface area contributed by atoms with E-state index in [1.165, 1.54) is 44.8 Å². The van der Waals surface area contributed by atoms with Crippen LogP contribution in [-0.4, -0.2) is 53.2 Å². The molecule has 25 heavy (non-hydrogen) atoms. The molecule has 4 atom stereocenters. The van der Waals surface area contributed by atoms with Crippen molar-refractivity contribution in [3.63, 3.8) is 0 Å². The van der Waals surface area contributed by atoms with Crippen molar-refractivity contribution in [3.05, 3.63) is 35.4 Å². The minimum Gasteiger partial charge on any atom is -0.396 e. The van der Waals surface area contributed by atoms with Crippen molar-refractivity contribution in [3.8, 4) is 0 Å². The van der Waals surface area contributed by atoms with Crippen molar-refractivity contribution in [1.29, 1.82) is 0 Å². The molecule has 1 aromatic rings. The fourth-order valence-corrected chi connectivity index (χ4v) is 5.66. The minimum atomic E-state index is -0.526. The molecule has 0 spiro atoms. The highest BCUT2D eigenvalue weighted by Crippen LogP contribution is 2.43. The van der Waals surface area contributed by atoms with E-state index >= 15 is 0 Å². The Morgan fingerprint density at radius 1 is 1.12 bits per heavy atom. The van der Waals surface area contributed by atoms with Crippen LogP contribution >= 0.6 is 0 Å². The highest BCUT2D eigenvalue weighted by atomic mass is 19.1. The molecule has 3 aliphatic rings. The third kappa shape index (κ3) is 3.34. The standard InChI is InChI=1S/C20H28F2N2O/c21-16-6-5-14(18(22)11-16)12-24-13-15-3-1-8-23-9-2-4-17(20(15)23)19(24)7-10-25/h5-6,11,15,17,19-20,25H,1-4,7-10,12-13H2/t15-,17+,19+,20-/m0/s1. The summed E-state index contributed by atoms with van der Waals surface area (Å²) in [7, 11) is 0. The zero-order chi connectivity index (χ0) is 17.4. The van der Waals surface area contributed by atoms with E-state index in [2.05, 4.69) is 9.80 Å². The Morgan fingerprint density at radius 2 is 1.92 bits per heavy atom. The number of hydrogen-bond donors (Lipinski definition) is 1. The summed E-state index contributed by atoms with van der Waals surface area (Å²) < 4.78 is 27.4. The van der Waals surface area contributed by atoms with Gasteiger partial charge in [0.1, 0.15) is 11.6 Å². The first-order valence-corrected chi connectivity index (χ1v) is 9.70. The Labute approximate surface area is 148 Å². The summed E-state index contributed by atoms with van der Waals surface area (Å²) in [5.41, 5.74) is 0.561. The van der Waals surface area contributed by atoms with Crippen LogP contribution in [0.4, 0.5) is 8.78 Å². The van der Waals surface area contributed by atoms with E-state index < -0.39 is 11.6 Å². The van der Waals surface area contributed by atoms with Gasteiger partial charge in [0.2, 0.25) is 0 Å². The second-order valence-corrected chi connectivity index (χ2v) is 7.98. The molecule has 1 aromatic carbocycles. The smallest absolute Gasteiger partial charge is 0.130 e. The number of piperidine rings is 3. The summed E-state index contributed by atoms with van der Waals surface area (Å²) in [5.74, 6) is 0.210. The van der Waals surface area contributed by atoms with Crippen molar-refractivity contribution < 1.29 is 13.9 Å². The zero-order valence-electron chi connectivity index (χ0n) is 14.7. The average molecular weight is 350 g/mol. The molecule has 3 aliphatic heterocycles. The lowest BCUT2D eigenvalue weighted by atomic mass is 9.69. The highest BCUT2D eigenvalue weighted by Gasteiger charge is 2.48. The Kier molecular flexibility index (Phi) is 5.07. The maximum atomic E-state index is 14.2. The molecule has 3 heterocycles. The average Bonchev–Trinajstić information content (AvgIpc) is 2.61. The Hall–Kier alpha value is -1.04. The van der Waals surface area contributed by atoms with Crippen LogP contribution in [0.3, 0.4) is 0 Å². The van der Waals surface area contributed by atoms with E-state index in [-0.39, 0.29) is 12.6 Å². The number of likely N-dealkylation sites (tertiary alicyclic amines) is 1. The number of aliphatic hydroxyl groups is 1. The molecule has 3 fully saturated rings. The first-order valence-electron chi connectivity index (χ1n) is 9.70. The predicted molar refractivity (Wildman–Crippen MR) is 93.1 cm³/mol. The fraction of sp³-hybridized carbons (Fsp3) is 0.700. The molecule has 0 saturated carbocycles. The molecule has 4 rings (SSSR count). The first-order chi connectivity index (χ1) is 12.2. The number of hydrogen-bond acceptors (Lipinski definition) is 3. The Balaban J connectivity index is 1.59. The van der Waals surface area contributed by atoms with Gasteiger partial charge in [-0.3, -0.25) is 9.80 Å². The van der Waals surface area contributed by atoms with Gasteiger partial charge in [0, 0.05) is 43.4 Å². The lowest BCUT2D eigenvalue weighted by molar-refractivity contribution is -0.0836. The van der Waals surface area contributed by atoms with Crippen molar-refractivity contribution in [2.45, 2.75) is 50.7 Å². The molecule has 138 valence electrons. The second-order valence-electron chi connectivity index (χ2n) is 7.98. The van der Waals surface area contributed by atoms with Crippen molar-refractivity contribution in [2.24, 2.45) is 11.8 Å². The van der Waals surface area contributed by atoms with Crippen LogP contribution in [0.2, 0.25) is 0 Å². The van der Waals surface area contributed by atoms with E-state index in [0.29, 0.717) is 30.0 Å². The summed E-state index contributed by atoms with van der Waals surface area (Å²) in [6.45, 7) is 4.04. The van der Waals surface area contributed by atoms with Crippen LogP contribution in [0.1, 0.15) is 37.7 Å². The predicted octanol–water partition coefficient (Wildman–Crippen LogP) is 3.02. The van der Waals surface area contributed by atoms with E-state index in [1.807, 2.05) is 0 Å². The molecular weight excluding hydrogens is 322 g/mol. The molecule has 0 amide bonds. The zero-order valence-corrected chi connectivity index (χ0v) is 14.7. The quantitative estimate of drug-likeness (QED) is 0.904. The molecule has 0 radical (unpaired) electrons. The van der Waals surface area contributed by atoms with Crippen molar-refractivity contribution in [2.75, 3.05) is 26.2 Å². The fourth-order valence-electron chi connectivity index (χ4n) is 5.66. The molecule has 3 nitrogen and oxygen atoms in total. The lowest BCUT2D eigenvalue weighted by Gasteiger charge is -2.57. The van der Waals surface area contributed by atoms with E-state index in [4.69, 9.17) is 0 Å². The van der Waals surface area contributed by atoms with Gasteiger partial charge in [-0.2, -0.15) is 0 Å². The van der Waals surface area contributed by atoms with Crippen LogP contribution in [0.25, 0.3) is 0 Å². The lowest BCUT2D eigenvalue weighted by Crippen LogP contribution is -2.64. The van der Waals surface area contributed by atoms with Gasteiger partial charge in [0.25, 0.3) is 0 Å². The minimum absolute atomic E-state index is 0.168. The molecule has 1 N–H and O–H groups in total. The van der Waals surface area contributed by atoms with Crippen LogP contribution in [0, 0.1) is 23.5 Å². The topological polar surface area (TPSA) is 26.7 Å². The maximum Gasteiger partial charge on any atom is 0.130 e. The van der Waals surface area contributed by atoms with Crippen LogP contribution < -0.4 is 0 Å². The third-order valence-corrected chi connectivity index (χ3v) is 6.59. The summed E-state index contributed by atoms with van der Waals surface area (Å²) >= 11 is 0. The van der Waals surface area contributed by atoms with Gasteiger partial charge in [-0.05, 0) is 63.1 Å². The SMILES string of the molecule is OCC[C@@H]1[C@H]2CCCN3CCC[C@@H](CN1Cc1ccc(F)cc1F)[C@@H]23. The van der Waals surface area contributed by atoms with Gasteiger partial charge in [-0.25, -0.2) is 8.78 Å². The van der Waals surface area contributed by atoms with Crippen LogP contribution in [-0.2, 0) is 6.54 Å². The molecule has 0 aromatic heterocycles. The third-order valence-electron chi connectivity index (χ3n) is 6.59. The van der Waals surface area contributed by atoms with Gasteiger partial charge in [-0.1, -0.05) is 6.07 Å². The van der Waals surface area contributed by atoms with Gasteiger partial charge in [0.05, 0.1) is 0 Å². The van der Waals surface area contributed by atoms with Crippen molar-refractivity contribution in [1.82, 2.24) is 9.80 Å². The van der Waals surface area contributed by atoms with Gasteiger partial charge < -0.3 is 5.11 Å². The van der Waals surface area contributed by atoms with E-state index in [9.17, 15) is 13.9 Å². The molecular formula is C20H28F2N2O. The Bertz CT molecular complexity index is 609. The molecule has 3 saturated heterocycles. The molecule has 0 aliphatic carbocycles. The number of nitrogens with zero attached hydrogens (tertiary/aromatic N) is 2. The monoisotopic (exact) mass is 350 g/mol. The van der Waals surface area contributed by atoms with E-state index in [0.717, 1.165) is 19.0 Å². The maximum absolute atomic E-state index is 14.2. The summed E-state index contributed by atoms with van der Waals surface area (Å²) in [6.07, 6.45) is 5.65. The van der Waals surface area contributed by atoms with Gasteiger partial charge in [0.15, 0.2) is 0 Å². The molecule has 0 unspecified atom stereocenters. The van der Waals surface area contributed by atoms with Crippen LogP contribution in [0.15, 0.2) is 18.2 Å². The number of aliphatic hydroxyl groups excluding tert-OH is 1. The van der Waals surface area contributed by atoms with E-state index in [1.54, 1.807) is 6.07 Å². The summed E-state index contributed by atoms with van der Waals surface area (Å²) in [5, 5.41) is 9.62. The molecule has 0 bridgehead atoms. The van der Waals surface area contributed by atoms with Crippen LogP contribution in [0.5, 0.6) is 0 Å². The highest BCUT2D eigenvalue weighted by molar-refractivity contribution is 5.19. The summed E-state index contributed by atoms with van der Waals surface area (Å²) in [4.78, 5) is 5.04. The molecule has 5 heteroatoms. The second kappa shape index (κ2) is 7.29. The number of halogens is 2. The van der Waals surface area contributed by atoms with Gasteiger partial charge >= 0.3 is 0 Å². The van der Waals surface area contributed by atoms with Gasteiger partial charge in [-0.15, -0.1) is 0 Å². The normalized spacial score (nSPS) is 33.2. The summed E-state index contributed by atoms with van der Waals surface area (Å²) in [6, 6.07) is 4.81. The number of benzene rings is 1. The Morgan fingerprint density at radius 3 is 2.68 bits per heavy atom. The number of rotatable bonds is 4.